The van der Waals surface area contributed by atoms with E-state index in [1.807, 2.05) is 12.3 Å². The third-order valence-electron chi connectivity index (χ3n) is 5.63. The normalized spacial score (nSPS) is 11.0. The molecule has 2 heterocycles. The van der Waals surface area contributed by atoms with Crippen molar-refractivity contribution in [2.24, 2.45) is 0 Å². The lowest BCUT2D eigenvalue weighted by atomic mass is 10.1. The highest BCUT2D eigenvalue weighted by atomic mass is 15.0. The van der Waals surface area contributed by atoms with Crippen molar-refractivity contribution < 1.29 is 0 Å². The molecule has 4 nitrogen and oxygen atoms in total. The molecule has 0 amide bonds. The summed E-state index contributed by atoms with van der Waals surface area (Å²) in [5.74, 6) is 1.93. The van der Waals surface area contributed by atoms with Crippen molar-refractivity contribution in [1.29, 1.82) is 0 Å². The monoisotopic (exact) mass is 422 g/mol. The second kappa shape index (κ2) is 10.3. The summed E-state index contributed by atoms with van der Waals surface area (Å²) in [5.41, 5.74) is 6.39. The first-order valence-corrected chi connectivity index (χ1v) is 11.5. The van der Waals surface area contributed by atoms with E-state index < -0.39 is 0 Å². The molecule has 4 aromatic rings. The average Bonchev–Trinajstić information content (AvgIpc) is 2.83. The van der Waals surface area contributed by atoms with Crippen LogP contribution in [-0.4, -0.2) is 19.9 Å². The predicted octanol–water partition coefficient (Wildman–Crippen LogP) is 7.01. The highest BCUT2D eigenvalue weighted by Gasteiger charge is 2.13. The molecule has 0 saturated carbocycles. The maximum absolute atomic E-state index is 4.78. The number of aryl methyl sites for hydroxylation is 3. The molecule has 2 aromatic carbocycles. The Morgan fingerprint density at radius 1 is 0.594 bits per heavy atom. The largest absolute Gasteiger partial charge is 0.253 e. The topological polar surface area (TPSA) is 51.6 Å². The van der Waals surface area contributed by atoms with Crippen LogP contribution in [0.15, 0.2) is 66.9 Å². The number of unbranched alkanes of at least 4 members (excludes halogenated alkanes) is 3. The first-order chi connectivity index (χ1) is 15.6. The molecule has 0 radical (unpaired) electrons. The Kier molecular flexibility index (Phi) is 7.00. The lowest BCUT2D eigenvalue weighted by Gasteiger charge is -2.09. The van der Waals surface area contributed by atoms with E-state index >= 15 is 0 Å². The van der Waals surface area contributed by atoms with Crippen LogP contribution in [0.3, 0.4) is 0 Å². The van der Waals surface area contributed by atoms with Gasteiger partial charge in [-0.2, -0.15) is 0 Å². The maximum atomic E-state index is 4.78. The van der Waals surface area contributed by atoms with E-state index in [-0.39, 0.29) is 0 Å². The van der Waals surface area contributed by atoms with Gasteiger partial charge in [-0.15, -0.1) is 0 Å². The molecular formula is C28H30N4. The van der Waals surface area contributed by atoms with Crippen LogP contribution in [0.5, 0.6) is 0 Å². The zero-order valence-corrected chi connectivity index (χ0v) is 19.2. The summed E-state index contributed by atoms with van der Waals surface area (Å²) < 4.78 is 0. The molecule has 162 valence electrons. The molecule has 0 saturated heterocycles. The van der Waals surface area contributed by atoms with Gasteiger partial charge in [0.1, 0.15) is 5.69 Å². The third kappa shape index (κ3) is 5.44. The van der Waals surface area contributed by atoms with E-state index in [2.05, 4.69) is 75.4 Å². The molecular weight excluding hydrogens is 392 g/mol. The summed E-state index contributed by atoms with van der Waals surface area (Å²) in [6.45, 7) is 6.39. The predicted molar refractivity (Wildman–Crippen MR) is 131 cm³/mol. The number of hydrogen-bond acceptors (Lipinski definition) is 4. The minimum absolute atomic E-state index is 0.601. The molecule has 4 heteroatoms. The molecule has 32 heavy (non-hydrogen) atoms. The zero-order valence-electron chi connectivity index (χ0n) is 19.2. The van der Waals surface area contributed by atoms with E-state index in [0.29, 0.717) is 17.5 Å². The van der Waals surface area contributed by atoms with E-state index in [1.54, 1.807) is 0 Å². The number of hydrogen-bond donors (Lipinski definition) is 0. The molecule has 0 atom stereocenters. The number of benzene rings is 2. The first-order valence-electron chi connectivity index (χ1n) is 11.5. The highest BCUT2D eigenvalue weighted by molar-refractivity contribution is 5.65. The van der Waals surface area contributed by atoms with Crippen LogP contribution in [0.1, 0.15) is 49.3 Å². The first kappa shape index (κ1) is 21.8. The van der Waals surface area contributed by atoms with Gasteiger partial charge in [0.2, 0.25) is 0 Å². The zero-order chi connectivity index (χ0) is 22.3. The number of rotatable bonds is 8. The maximum Gasteiger partial charge on any atom is 0.182 e. The van der Waals surface area contributed by atoms with Crippen molar-refractivity contribution in [1.82, 2.24) is 19.9 Å². The van der Waals surface area contributed by atoms with E-state index in [0.717, 1.165) is 23.2 Å². The minimum Gasteiger partial charge on any atom is -0.253 e. The van der Waals surface area contributed by atoms with Crippen LogP contribution in [0.2, 0.25) is 0 Å². The molecule has 0 fully saturated rings. The Balaban J connectivity index is 1.69. The van der Waals surface area contributed by atoms with Gasteiger partial charge in [-0.3, -0.25) is 4.98 Å². The fourth-order valence-electron chi connectivity index (χ4n) is 3.61. The van der Waals surface area contributed by atoms with Crippen LogP contribution in [0.25, 0.3) is 34.3 Å². The van der Waals surface area contributed by atoms with Gasteiger partial charge in [0, 0.05) is 17.3 Å². The van der Waals surface area contributed by atoms with Crippen LogP contribution >= 0.6 is 0 Å². The summed E-state index contributed by atoms with van der Waals surface area (Å²) >= 11 is 0. The molecule has 2 aromatic heterocycles. The van der Waals surface area contributed by atoms with E-state index in [9.17, 15) is 0 Å². The van der Waals surface area contributed by atoms with E-state index in [1.165, 1.54) is 42.4 Å². The van der Waals surface area contributed by atoms with Crippen molar-refractivity contribution in [2.75, 3.05) is 0 Å². The Morgan fingerprint density at radius 3 is 1.66 bits per heavy atom. The van der Waals surface area contributed by atoms with Crippen molar-refractivity contribution in [2.45, 2.75) is 52.9 Å². The quantitative estimate of drug-likeness (QED) is 0.287. The second-order valence-electron chi connectivity index (χ2n) is 8.40. The Labute approximate surface area is 190 Å². The van der Waals surface area contributed by atoms with Crippen LogP contribution in [0, 0.1) is 13.8 Å². The molecule has 0 bridgehead atoms. The summed E-state index contributed by atoms with van der Waals surface area (Å²) in [7, 11) is 0. The molecule has 4 rings (SSSR count). The molecule has 0 unspecified atom stereocenters. The SMILES string of the molecule is CCCCCCc1ccc(-c2nc(-c3ccc(C)cc3)nc(-c3ccc(C)cc3)n2)nc1. The second-order valence-corrected chi connectivity index (χ2v) is 8.40. The van der Waals surface area contributed by atoms with Crippen molar-refractivity contribution in [3.63, 3.8) is 0 Å². The summed E-state index contributed by atoms with van der Waals surface area (Å²) in [6.07, 6.45) is 8.04. The number of pyridine rings is 1. The minimum atomic E-state index is 0.601. The van der Waals surface area contributed by atoms with Crippen LogP contribution < -0.4 is 0 Å². The van der Waals surface area contributed by atoms with Gasteiger partial charge in [0.05, 0.1) is 0 Å². The van der Waals surface area contributed by atoms with Crippen molar-refractivity contribution in [3.8, 4) is 34.3 Å². The Bertz CT molecular complexity index is 1080. The van der Waals surface area contributed by atoms with Crippen LogP contribution in [0.4, 0.5) is 0 Å². The van der Waals surface area contributed by atoms with Gasteiger partial charge < -0.3 is 0 Å². The number of nitrogens with zero attached hydrogens (tertiary/aromatic N) is 4. The molecule has 0 aliphatic carbocycles. The van der Waals surface area contributed by atoms with E-state index in [4.69, 9.17) is 19.9 Å². The third-order valence-corrected chi connectivity index (χ3v) is 5.63. The van der Waals surface area contributed by atoms with Gasteiger partial charge in [0.15, 0.2) is 17.5 Å². The number of aromatic nitrogens is 4. The van der Waals surface area contributed by atoms with Gasteiger partial charge >= 0.3 is 0 Å². The smallest absolute Gasteiger partial charge is 0.182 e. The summed E-state index contributed by atoms with van der Waals surface area (Å²) in [5, 5.41) is 0. The standard InChI is InChI=1S/C28H30N4/c1-4-5-6-7-8-22-13-18-25(29-19-22)28-31-26(23-14-9-20(2)10-15-23)30-27(32-28)24-16-11-21(3)12-17-24/h9-19H,4-8H2,1-3H3. The fraction of sp³-hybridized carbons (Fsp3) is 0.286. The Morgan fingerprint density at radius 2 is 1.16 bits per heavy atom. The molecule has 0 spiro atoms. The fourth-order valence-corrected chi connectivity index (χ4v) is 3.61. The molecule has 0 aliphatic rings. The summed E-state index contributed by atoms with van der Waals surface area (Å²) in [6, 6.07) is 20.7. The van der Waals surface area contributed by atoms with Gasteiger partial charge in [0.25, 0.3) is 0 Å². The van der Waals surface area contributed by atoms with Crippen molar-refractivity contribution in [3.05, 3.63) is 83.6 Å². The van der Waals surface area contributed by atoms with Gasteiger partial charge in [-0.1, -0.05) is 91.9 Å². The van der Waals surface area contributed by atoms with Crippen LogP contribution in [-0.2, 0) is 6.42 Å². The lowest BCUT2D eigenvalue weighted by molar-refractivity contribution is 0.666. The average molecular weight is 423 g/mol. The highest BCUT2D eigenvalue weighted by Crippen LogP contribution is 2.24. The lowest BCUT2D eigenvalue weighted by Crippen LogP contribution is -2.01. The van der Waals surface area contributed by atoms with Gasteiger partial charge in [-0.25, -0.2) is 15.0 Å². The van der Waals surface area contributed by atoms with Gasteiger partial charge in [-0.05, 0) is 38.3 Å². The molecule has 0 aliphatic heterocycles. The van der Waals surface area contributed by atoms with Crippen molar-refractivity contribution >= 4 is 0 Å². The Hall–Kier alpha value is -3.40. The molecule has 0 N–H and O–H groups in total. The summed E-state index contributed by atoms with van der Waals surface area (Å²) in [4.78, 5) is 19.0.